The van der Waals surface area contributed by atoms with E-state index in [9.17, 15) is 9.59 Å². The second kappa shape index (κ2) is 9.14. The number of amides is 2. The topological polar surface area (TPSA) is 84.0 Å². The van der Waals surface area contributed by atoms with Gasteiger partial charge in [-0.3, -0.25) is 9.59 Å². The van der Waals surface area contributed by atoms with Crippen molar-refractivity contribution in [1.29, 1.82) is 0 Å². The molecule has 142 valence electrons. The molecule has 0 bridgehead atoms. The number of nitrogens with zero attached hydrogens (tertiary/aromatic N) is 2. The van der Waals surface area contributed by atoms with Gasteiger partial charge in [-0.05, 0) is 31.2 Å². The summed E-state index contributed by atoms with van der Waals surface area (Å²) in [5.41, 5.74) is 3.74. The molecular weight excluding hydrogens is 372 g/mol. The summed E-state index contributed by atoms with van der Waals surface area (Å²) in [5.74, 6) is -0.223. The Balaban J connectivity index is 1.65. The number of hydrogen-bond acceptors (Lipinski definition) is 5. The van der Waals surface area contributed by atoms with Crippen molar-refractivity contribution in [1.82, 2.24) is 15.3 Å². The average Bonchev–Trinajstić information content (AvgIpc) is 2.72. The van der Waals surface area contributed by atoms with E-state index in [0.717, 1.165) is 17.0 Å². The number of thioether (sulfide) groups is 1. The Morgan fingerprint density at radius 2 is 1.79 bits per heavy atom. The molecule has 0 aliphatic rings. The van der Waals surface area contributed by atoms with Crippen LogP contribution in [-0.4, -0.2) is 34.6 Å². The first kappa shape index (κ1) is 19.6. The van der Waals surface area contributed by atoms with Gasteiger partial charge in [0.15, 0.2) is 5.16 Å². The number of aryl methyl sites for hydroxylation is 1. The Kier molecular flexibility index (Phi) is 6.39. The number of carbonyl (C=O) groups is 2. The number of benzene rings is 2. The molecule has 6 nitrogen and oxygen atoms in total. The van der Waals surface area contributed by atoms with Crippen LogP contribution in [0.3, 0.4) is 0 Å². The van der Waals surface area contributed by atoms with Crippen LogP contribution in [0.15, 0.2) is 65.8 Å². The molecule has 0 saturated carbocycles. The third-order valence-corrected chi connectivity index (χ3v) is 4.72. The summed E-state index contributed by atoms with van der Waals surface area (Å²) in [4.78, 5) is 32.9. The fraction of sp³-hybridized carbons (Fsp3) is 0.143. The predicted octanol–water partition coefficient (Wildman–Crippen LogP) is 3.54. The summed E-state index contributed by atoms with van der Waals surface area (Å²) < 4.78 is 0. The summed E-state index contributed by atoms with van der Waals surface area (Å²) in [6, 6.07) is 18.6. The van der Waals surface area contributed by atoms with Crippen LogP contribution >= 0.6 is 11.8 Å². The molecule has 2 aromatic carbocycles. The van der Waals surface area contributed by atoms with Crippen LogP contribution in [0.5, 0.6) is 0 Å². The van der Waals surface area contributed by atoms with E-state index in [-0.39, 0.29) is 17.6 Å². The Morgan fingerprint density at radius 3 is 2.54 bits per heavy atom. The van der Waals surface area contributed by atoms with Crippen LogP contribution in [0.2, 0.25) is 0 Å². The average molecular weight is 392 g/mol. The Labute approximate surface area is 167 Å². The molecule has 28 heavy (non-hydrogen) atoms. The molecule has 0 atom stereocenters. The van der Waals surface area contributed by atoms with E-state index in [0.29, 0.717) is 16.4 Å². The minimum Gasteiger partial charge on any atom is -0.355 e. The van der Waals surface area contributed by atoms with Gasteiger partial charge in [0.05, 0.1) is 11.4 Å². The van der Waals surface area contributed by atoms with Crippen molar-refractivity contribution in [2.45, 2.75) is 12.1 Å². The molecule has 0 fully saturated rings. The molecule has 1 heterocycles. The zero-order chi connectivity index (χ0) is 19.9. The van der Waals surface area contributed by atoms with Gasteiger partial charge in [0, 0.05) is 29.6 Å². The lowest BCUT2D eigenvalue weighted by Gasteiger charge is -2.08. The Hall–Kier alpha value is -3.19. The van der Waals surface area contributed by atoms with Crippen LogP contribution in [0.1, 0.15) is 16.1 Å². The van der Waals surface area contributed by atoms with Crippen LogP contribution in [0.4, 0.5) is 5.69 Å². The Morgan fingerprint density at radius 1 is 1.00 bits per heavy atom. The SMILES string of the molecule is CNC(=O)c1cccc(NC(=O)CSc2nc(C)cc(-c3ccccc3)n2)c1. The van der Waals surface area contributed by atoms with Gasteiger partial charge in [-0.2, -0.15) is 0 Å². The smallest absolute Gasteiger partial charge is 0.251 e. The summed E-state index contributed by atoms with van der Waals surface area (Å²) in [6.45, 7) is 1.91. The Bertz CT molecular complexity index is 993. The number of anilines is 1. The molecule has 7 heteroatoms. The minimum atomic E-state index is -0.202. The fourth-order valence-electron chi connectivity index (χ4n) is 2.57. The third-order valence-electron chi connectivity index (χ3n) is 3.87. The first-order chi connectivity index (χ1) is 13.5. The number of hydrogen-bond donors (Lipinski definition) is 2. The van der Waals surface area contributed by atoms with E-state index in [1.807, 2.05) is 43.3 Å². The van der Waals surface area contributed by atoms with Gasteiger partial charge in [-0.15, -0.1) is 0 Å². The van der Waals surface area contributed by atoms with Crippen molar-refractivity contribution >= 4 is 29.3 Å². The zero-order valence-corrected chi connectivity index (χ0v) is 16.4. The van der Waals surface area contributed by atoms with Gasteiger partial charge in [0.2, 0.25) is 5.91 Å². The van der Waals surface area contributed by atoms with Crippen LogP contribution in [-0.2, 0) is 4.79 Å². The lowest BCUT2D eigenvalue weighted by Crippen LogP contribution is -2.19. The maximum absolute atomic E-state index is 12.3. The van der Waals surface area contributed by atoms with Crippen molar-refractivity contribution in [3.63, 3.8) is 0 Å². The summed E-state index contributed by atoms with van der Waals surface area (Å²) >= 11 is 1.27. The summed E-state index contributed by atoms with van der Waals surface area (Å²) in [7, 11) is 1.57. The van der Waals surface area contributed by atoms with Gasteiger partial charge < -0.3 is 10.6 Å². The summed E-state index contributed by atoms with van der Waals surface area (Å²) in [5, 5.41) is 5.91. The molecule has 0 spiro atoms. The standard InChI is InChI=1S/C21H20N4O2S/c1-14-11-18(15-7-4-3-5-8-15)25-21(23-14)28-13-19(26)24-17-10-6-9-16(12-17)20(27)22-2/h3-12H,13H2,1-2H3,(H,22,27)(H,24,26). The highest BCUT2D eigenvalue weighted by molar-refractivity contribution is 7.99. The molecule has 2 amide bonds. The molecule has 0 aliphatic heterocycles. The number of rotatable bonds is 6. The molecular formula is C21H20N4O2S. The maximum Gasteiger partial charge on any atom is 0.251 e. The number of nitrogens with one attached hydrogen (secondary N) is 2. The molecule has 3 aromatic rings. The number of aromatic nitrogens is 2. The van der Waals surface area contributed by atoms with Gasteiger partial charge >= 0.3 is 0 Å². The highest BCUT2D eigenvalue weighted by Crippen LogP contribution is 2.22. The number of carbonyl (C=O) groups excluding carboxylic acids is 2. The molecule has 0 radical (unpaired) electrons. The van der Waals surface area contributed by atoms with Crippen molar-refractivity contribution in [2.24, 2.45) is 0 Å². The van der Waals surface area contributed by atoms with E-state index in [1.54, 1.807) is 31.3 Å². The molecule has 0 aliphatic carbocycles. The molecule has 2 N–H and O–H groups in total. The molecule has 1 aromatic heterocycles. The van der Waals surface area contributed by atoms with Crippen LogP contribution in [0.25, 0.3) is 11.3 Å². The summed E-state index contributed by atoms with van der Waals surface area (Å²) in [6.07, 6.45) is 0. The van der Waals surface area contributed by atoms with E-state index < -0.39 is 0 Å². The van der Waals surface area contributed by atoms with Crippen molar-refractivity contribution in [3.05, 3.63) is 71.9 Å². The lowest BCUT2D eigenvalue weighted by molar-refractivity contribution is -0.113. The molecule has 0 saturated heterocycles. The largest absolute Gasteiger partial charge is 0.355 e. The van der Waals surface area contributed by atoms with Crippen LogP contribution < -0.4 is 10.6 Å². The fourth-order valence-corrected chi connectivity index (χ4v) is 3.28. The molecule has 0 unspecified atom stereocenters. The zero-order valence-electron chi connectivity index (χ0n) is 15.6. The lowest BCUT2D eigenvalue weighted by atomic mass is 10.1. The van der Waals surface area contributed by atoms with Gasteiger partial charge in [0.1, 0.15) is 0 Å². The minimum absolute atomic E-state index is 0.169. The highest BCUT2D eigenvalue weighted by Gasteiger charge is 2.10. The van der Waals surface area contributed by atoms with Crippen molar-refractivity contribution < 1.29 is 9.59 Å². The van der Waals surface area contributed by atoms with E-state index in [2.05, 4.69) is 20.6 Å². The highest BCUT2D eigenvalue weighted by atomic mass is 32.2. The monoisotopic (exact) mass is 392 g/mol. The van der Waals surface area contributed by atoms with Crippen molar-refractivity contribution in [2.75, 3.05) is 18.1 Å². The van der Waals surface area contributed by atoms with Crippen molar-refractivity contribution in [3.8, 4) is 11.3 Å². The quantitative estimate of drug-likeness (QED) is 0.495. The first-order valence-corrected chi connectivity index (χ1v) is 9.69. The third kappa shape index (κ3) is 5.17. The second-order valence-corrected chi connectivity index (χ2v) is 6.98. The molecule has 3 rings (SSSR count). The van der Waals surface area contributed by atoms with E-state index >= 15 is 0 Å². The normalized spacial score (nSPS) is 10.4. The maximum atomic E-state index is 12.3. The van der Waals surface area contributed by atoms with Crippen LogP contribution in [0, 0.1) is 6.92 Å². The van der Waals surface area contributed by atoms with E-state index in [4.69, 9.17) is 0 Å². The second-order valence-electron chi connectivity index (χ2n) is 6.04. The first-order valence-electron chi connectivity index (χ1n) is 8.71. The van der Waals surface area contributed by atoms with Gasteiger partial charge in [-0.25, -0.2) is 9.97 Å². The predicted molar refractivity (Wildman–Crippen MR) is 111 cm³/mol. The van der Waals surface area contributed by atoms with Gasteiger partial charge in [0.25, 0.3) is 5.91 Å². The van der Waals surface area contributed by atoms with E-state index in [1.165, 1.54) is 11.8 Å². The van der Waals surface area contributed by atoms with Gasteiger partial charge in [-0.1, -0.05) is 48.2 Å².